The van der Waals surface area contributed by atoms with Crippen LogP contribution in [0.2, 0.25) is 5.02 Å². The lowest BCUT2D eigenvalue weighted by atomic mass is 10.2. The molecule has 0 fully saturated rings. The van der Waals surface area contributed by atoms with Gasteiger partial charge in [0.15, 0.2) is 0 Å². The quantitative estimate of drug-likeness (QED) is 0.912. The molecule has 3 nitrogen and oxygen atoms in total. The molecular formula is C16H16ClNO2. The first-order chi connectivity index (χ1) is 9.72. The van der Waals surface area contributed by atoms with Gasteiger partial charge in [0.05, 0.1) is 5.56 Å². The predicted molar refractivity (Wildman–Crippen MR) is 80.2 cm³/mol. The van der Waals surface area contributed by atoms with E-state index in [2.05, 4.69) is 5.32 Å². The maximum Gasteiger partial charge on any atom is 0.255 e. The Bertz CT molecular complexity index is 599. The second kappa shape index (κ2) is 6.96. The lowest BCUT2D eigenvalue weighted by molar-refractivity contribution is 0.0951. The van der Waals surface area contributed by atoms with E-state index >= 15 is 0 Å². The summed E-state index contributed by atoms with van der Waals surface area (Å²) in [6.45, 7) is 2.79. The Balaban J connectivity index is 2.14. The summed E-state index contributed by atoms with van der Waals surface area (Å²) in [6.07, 6.45) is 0. The van der Waals surface area contributed by atoms with Gasteiger partial charge in [-0.15, -0.1) is 0 Å². The van der Waals surface area contributed by atoms with Crippen LogP contribution in [0.4, 0.5) is 0 Å². The van der Waals surface area contributed by atoms with Gasteiger partial charge in [-0.1, -0.05) is 41.9 Å². The van der Waals surface area contributed by atoms with Crippen molar-refractivity contribution in [3.8, 4) is 5.75 Å². The van der Waals surface area contributed by atoms with Crippen LogP contribution >= 0.6 is 11.6 Å². The fourth-order valence-electron chi connectivity index (χ4n) is 1.81. The van der Waals surface area contributed by atoms with Crippen molar-refractivity contribution in [3.63, 3.8) is 0 Å². The maximum atomic E-state index is 11.9. The van der Waals surface area contributed by atoms with Crippen LogP contribution in [0.25, 0.3) is 0 Å². The van der Waals surface area contributed by atoms with E-state index in [0.29, 0.717) is 29.5 Å². The lowest BCUT2D eigenvalue weighted by Gasteiger charge is -2.11. The van der Waals surface area contributed by atoms with E-state index in [4.69, 9.17) is 16.3 Å². The number of carbonyl (C=O) groups is 1. The summed E-state index contributed by atoms with van der Waals surface area (Å²) in [4.78, 5) is 11.9. The summed E-state index contributed by atoms with van der Waals surface area (Å²) in [5.41, 5.74) is 1.42. The molecule has 1 amide bonds. The number of hydrogen-bond donors (Lipinski definition) is 1. The Morgan fingerprint density at radius 2 is 1.85 bits per heavy atom. The first kappa shape index (κ1) is 14.4. The van der Waals surface area contributed by atoms with Gasteiger partial charge in [0, 0.05) is 17.1 Å². The van der Waals surface area contributed by atoms with Gasteiger partial charge in [-0.25, -0.2) is 0 Å². The molecule has 0 spiro atoms. The van der Waals surface area contributed by atoms with Crippen molar-refractivity contribution in [3.05, 3.63) is 64.7 Å². The van der Waals surface area contributed by atoms with Gasteiger partial charge < -0.3 is 10.1 Å². The Labute approximate surface area is 123 Å². The van der Waals surface area contributed by atoms with Crippen LogP contribution in [0, 0.1) is 0 Å². The van der Waals surface area contributed by atoms with Crippen molar-refractivity contribution in [2.45, 2.75) is 13.5 Å². The zero-order valence-corrected chi connectivity index (χ0v) is 12.0. The van der Waals surface area contributed by atoms with Gasteiger partial charge in [-0.05, 0) is 25.1 Å². The zero-order valence-electron chi connectivity index (χ0n) is 11.2. The highest BCUT2D eigenvalue weighted by molar-refractivity contribution is 6.31. The topological polar surface area (TPSA) is 38.3 Å². The third-order valence-corrected chi connectivity index (χ3v) is 3.18. The van der Waals surface area contributed by atoms with Crippen LogP contribution in [0.15, 0.2) is 48.5 Å². The molecule has 0 bridgehead atoms. The molecule has 0 atom stereocenters. The molecule has 0 aliphatic carbocycles. The normalized spacial score (nSPS) is 10.1. The molecule has 0 aliphatic heterocycles. The standard InChI is InChI=1S/C16H16ClNO2/c1-2-18-16(19)13-8-4-6-10-15(13)20-11-12-7-3-5-9-14(12)17/h3-10H,2,11H2,1H3,(H,18,19). The number of benzene rings is 2. The van der Waals surface area contributed by atoms with Crippen molar-refractivity contribution < 1.29 is 9.53 Å². The highest BCUT2D eigenvalue weighted by Crippen LogP contribution is 2.21. The number of para-hydroxylation sites is 1. The minimum absolute atomic E-state index is 0.137. The monoisotopic (exact) mass is 289 g/mol. The van der Waals surface area contributed by atoms with Crippen LogP contribution in [0.5, 0.6) is 5.75 Å². The molecule has 4 heteroatoms. The van der Waals surface area contributed by atoms with Crippen LogP contribution in [0.1, 0.15) is 22.8 Å². The van der Waals surface area contributed by atoms with Gasteiger partial charge in [0.2, 0.25) is 0 Å². The van der Waals surface area contributed by atoms with Gasteiger partial charge >= 0.3 is 0 Å². The fraction of sp³-hybridized carbons (Fsp3) is 0.188. The van der Waals surface area contributed by atoms with E-state index in [9.17, 15) is 4.79 Å². The van der Waals surface area contributed by atoms with E-state index in [1.165, 1.54) is 0 Å². The Morgan fingerprint density at radius 1 is 1.15 bits per heavy atom. The van der Waals surface area contributed by atoms with Gasteiger partial charge in [-0.2, -0.15) is 0 Å². The number of amides is 1. The fourth-order valence-corrected chi connectivity index (χ4v) is 2.00. The van der Waals surface area contributed by atoms with Crippen molar-refractivity contribution in [1.82, 2.24) is 5.32 Å². The number of nitrogens with one attached hydrogen (secondary N) is 1. The molecular weight excluding hydrogens is 274 g/mol. The largest absolute Gasteiger partial charge is 0.488 e. The third kappa shape index (κ3) is 3.52. The molecule has 0 radical (unpaired) electrons. The van der Waals surface area contributed by atoms with Crippen LogP contribution in [-0.2, 0) is 6.61 Å². The van der Waals surface area contributed by atoms with E-state index < -0.39 is 0 Å². The summed E-state index contributed by atoms with van der Waals surface area (Å²) < 4.78 is 5.73. The van der Waals surface area contributed by atoms with Crippen LogP contribution < -0.4 is 10.1 Å². The van der Waals surface area contributed by atoms with Gasteiger partial charge in [-0.3, -0.25) is 4.79 Å². The van der Waals surface area contributed by atoms with E-state index in [0.717, 1.165) is 5.56 Å². The molecule has 0 heterocycles. The van der Waals surface area contributed by atoms with Crippen molar-refractivity contribution in [1.29, 1.82) is 0 Å². The second-order valence-electron chi connectivity index (χ2n) is 4.24. The van der Waals surface area contributed by atoms with Crippen molar-refractivity contribution >= 4 is 17.5 Å². The maximum absolute atomic E-state index is 11.9. The van der Waals surface area contributed by atoms with E-state index in [1.54, 1.807) is 12.1 Å². The molecule has 2 rings (SSSR count). The highest BCUT2D eigenvalue weighted by atomic mass is 35.5. The predicted octanol–water partition coefficient (Wildman–Crippen LogP) is 3.67. The number of rotatable bonds is 5. The summed E-state index contributed by atoms with van der Waals surface area (Å²) >= 11 is 6.08. The molecule has 104 valence electrons. The molecule has 2 aromatic carbocycles. The second-order valence-corrected chi connectivity index (χ2v) is 4.64. The summed E-state index contributed by atoms with van der Waals surface area (Å²) in [6, 6.07) is 14.7. The summed E-state index contributed by atoms with van der Waals surface area (Å²) in [5, 5.41) is 3.42. The number of ether oxygens (including phenoxy) is 1. The minimum atomic E-state index is -0.137. The lowest BCUT2D eigenvalue weighted by Crippen LogP contribution is -2.23. The SMILES string of the molecule is CCNC(=O)c1ccccc1OCc1ccccc1Cl. The average molecular weight is 290 g/mol. The van der Waals surface area contributed by atoms with E-state index in [-0.39, 0.29) is 5.91 Å². The third-order valence-electron chi connectivity index (χ3n) is 2.81. The van der Waals surface area contributed by atoms with Crippen molar-refractivity contribution in [2.75, 3.05) is 6.54 Å². The molecule has 20 heavy (non-hydrogen) atoms. The molecule has 0 unspecified atom stereocenters. The molecule has 0 aliphatic rings. The summed E-state index contributed by atoms with van der Waals surface area (Å²) in [7, 11) is 0. The smallest absolute Gasteiger partial charge is 0.255 e. The molecule has 0 saturated carbocycles. The summed E-state index contributed by atoms with van der Waals surface area (Å²) in [5.74, 6) is 0.417. The Morgan fingerprint density at radius 3 is 2.60 bits per heavy atom. The average Bonchev–Trinajstić information content (AvgIpc) is 2.47. The molecule has 1 N–H and O–H groups in total. The molecule has 2 aromatic rings. The van der Waals surface area contributed by atoms with Crippen LogP contribution in [-0.4, -0.2) is 12.5 Å². The highest BCUT2D eigenvalue weighted by Gasteiger charge is 2.11. The first-order valence-electron chi connectivity index (χ1n) is 6.45. The Kier molecular flexibility index (Phi) is 5.02. The molecule has 0 saturated heterocycles. The van der Waals surface area contributed by atoms with Gasteiger partial charge in [0.1, 0.15) is 12.4 Å². The first-order valence-corrected chi connectivity index (χ1v) is 6.83. The zero-order chi connectivity index (χ0) is 14.4. The number of carbonyl (C=O) groups excluding carboxylic acids is 1. The minimum Gasteiger partial charge on any atom is -0.488 e. The van der Waals surface area contributed by atoms with Gasteiger partial charge in [0.25, 0.3) is 5.91 Å². The van der Waals surface area contributed by atoms with Crippen LogP contribution in [0.3, 0.4) is 0 Å². The Hall–Kier alpha value is -2.00. The number of hydrogen-bond acceptors (Lipinski definition) is 2. The van der Waals surface area contributed by atoms with Crippen molar-refractivity contribution in [2.24, 2.45) is 0 Å². The molecule has 0 aromatic heterocycles. The number of halogens is 1. The van der Waals surface area contributed by atoms with E-state index in [1.807, 2.05) is 43.3 Å².